The molecule has 6 nitrogen and oxygen atoms in total. The van der Waals surface area contributed by atoms with Crippen molar-refractivity contribution in [2.75, 3.05) is 11.9 Å². The Morgan fingerprint density at radius 2 is 2.07 bits per heavy atom. The van der Waals surface area contributed by atoms with E-state index in [0.29, 0.717) is 23.9 Å². The Bertz CT molecular complexity index is 955. The van der Waals surface area contributed by atoms with E-state index >= 15 is 0 Å². The predicted octanol–water partition coefficient (Wildman–Crippen LogP) is 4.55. The van der Waals surface area contributed by atoms with Crippen LogP contribution in [0.25, 0.3) is 11.4 Å². The van der Waals surface area contributed by atoms with Crippen molar-refractivity contribution in [3.8, 4) is 11.4 Å². The number of halogens is 1. The number of rotatable bonds is 3. The summed E-state index contributed by atoms with van der Waals surface area (Å²) in [5, 5.41) is 6.78. The molecule has 27 heavy (non-hydrogen) atoms. The first kappa shape index (κ1) is 17.2. The van der Waals surface area contributed by atoms with Gasteiger partial charge in [0.2, 0.25) is 11.7 Å². The summed E-state index contributed by atoms with van der Waals surface area (Å²) < 4.78 is 18.8. The third-order valence-electron chi connectivity index (χ3n) is 4.63. The monoisotopic (exact) mass is 366 g/mol. The van der Waals surface area contributed by atoms with Crippen molar-refractivity contribution in [3.63, 3.8) is 0 Å². The molecule has 1 aliphatic rings. The standard InChI is InChI=1S/C20H19FN4O2/c1-13-7-9-14(10-8-13)18-23-19(27-24-18)17-6-3-11-25(17)20(26)22-16-5-2-4-15(21)12-16/h2,4-5,7-10,12,17H,3,6,11H2,1H3,(H,22,26). The van der Waals surface area contributed by atoms with Gasteiger partial charge in [-0.2, -0.15) is 4.98 Å². The number of anilines is 1. The number of benzene rings is 2. The maximum Gasteiger partial charge on any atom is 0.322 e. The van der Waals surface area contributed by atoms with Gasteiger partial charge in [-0.15, -0.1) is 0 Å². The van der Waals surface area contributed by atoms with Gasteiger partial charge >= 0.3 is 6.03 Å². The van der Waals surface area contributed by atoms with Crippen LogP contribution in [0.15, 0.2) is 53.1 Å². The lowest BCUT2D eigenvalue weighted by atomic mass is 10.1. The number of nitrogens with one attached hydrogen (secondary N) is 1. The number of likely N-dealkylation sites (tertiary alicyclic amines) is 1. The third kappa shape index (κ3) is 3.67. The van der Waals surface area contributed by atoms with Gasteiger partial charge in [-0.05, 0) is 38.0 Å². The van der Waals surface area contributed by atoms with Gasteiger partial charge in [-0.25, -0.2) is 9.18 Å². The molecule has 2 aromatic carbocycles. The van der Waals surface area contributed by atoms with Gasteiger partial charge < -0.3 is 14.7 Å². The second-order valence-corrected chi connectivity index (χ2v) is 6.61. The first-order chi connectivity index (χ1) is 13.1. The molecule has 0 aliphatic carbocycles. The number of amides is 2. The Kier molecular flexibility index (Phi) is 4.58. The van der Waals surface area contributed by atoms with Gasteiger partial charge in [0.15, 0.2) is 0 Å². The van der Waals surface area contributed by atoms with Crippen LogP contribution in [-0.2, 0) is 0 Å². The Hall–Kier alpha value is -3.22. The van der Waals surface area contributed by atoms with E-state index in [1.54, 1.807) is 17.0 Å². The molecule has 2 heterocycles. The smallest absolute Gasteiger partial charge is 0.322 e. The Balaban J connectivity index is 1.51. The normalized spacial score (nSPS) is 16.5. The first-order valence-electron chi connectivity index (χ1n) is 8.84. The van der Waals surface area contributed by atoms with E-state index in [9.17, 15) is 9.18 Å². The van der Waals surface area contributed by atoms with Gasteiger partial charge in [0.25, 0.3) is 0 Å². The highest BCUT2D eigenvalue weighted by molar-refractivity contribution is 5.89. The molecule has 1 aromatic heterocycles. The molecule has 3 aromatic rings. The summed E-state index contributed by atoms with van der Waals surface area (Å²) in [5.74, 6) is 0.519. The zero-order valence-corrected chi connectivity index (χ0v) is 14.9. The summed E-state index contributed by atoms with van der Waals surface area (Å²) >= 11 is 0. The van der Waals surface area contributed by atoms with Crippen molar-refractivity contribution >= 4 is 11.7 Å². The van der Waals surface area contributed by atoms with Crippen LogP contribution in [0.3, 0.4) is 0 Å². The fourth-order valence-corrected chi connectivity index (χ4v) is 3.22. The fourth-order valence-electron chi connectivity index (χ4n) is 3.22. The van der Waals surface area contributed by atoms with E-state index in [1.807, 2.05) is 31.2 Å². The van der Waals surface area contributed by atoms with Crippen molar-refractivity contribution in [1.29, 1.82) is 0 Å². The van der Waals surface area contributed by atoms with Crippen molar-refractivity contribution in [3.05, 3.63) is 65.8 Å². The quantitative estimate of drug-likeness (QED) is 0.738. The van der Waals surface area contributed by atoms with Gasteiger partial charge in [0.05, 0.1) is 0 Å². The molecule has 4 rings (SSSR count). The summed E-state index contributed by atoms with van der Waals surface area (Å²) in [6.45, 7) is 2.59. The van der Waals surface area contributed by atoms with E-state index in [0.717, 1.165) is 24.0 Å². The number of nitrogens with zero attached hydrogens (tertiary/aromatic N) is 3. The van der Waals surface area contributed by atoms with Crippen molar-refractivity contribution < 1.29 is 13.7 Å². The summed E-state index contributed by atoms with van der Waals surface area (Å²) in [6, 6.07) is 13.1. The molecule has 0 spiro atoms. The van der Waals surface area contributed by atoms with Crippen LogP contribution in [0, 0.1) is 12.7 Å². The van der Waals surface area contributed by atoms with Crippen molar-refractivity contribution in [1.82, 2.24) is 15.0 Å². The minimum Gasteiger partial charge on any atom is -0.337 e. The molecule has 1 saturated heterocycles. The van der Waals surface area contributed by atoms with Crippen LogP contribution in [0.4, 0.5) is 14.9 Å². The van der Waals surface area contributed by atoms with Crippen LogP contribution in [0.5, 0.6) is 0 Å². The fraction of sp³-hybridized carbons (Fsp3) is 0.250. The van der Waals surface area contributed by atoms with E-state index in [-0.39, 0.29) is 12.1 Å². The van der Waals surface area contributed by atoms with E-state index in [4.69, 9.17) is 4.52 Å². The molecular formula is C20H19FN4O2. The lowest BCUT2D eigenvalue weighted by molar-refractivity contribution is 0.193. The summed E-state index contributed by atoms with van der Waals surface area (Å²) in [5.41, 5.74) is 2.43. The molecular weight excluding hydrogens is 347 g/mol. The summed E-state index contributed by atoms with van der Waals surface area (Å²) in [6.07, 6.45) is 1.58. The second-order valence-electron chi connectivity index (χ2n) is 6.61. The molecule has 1 fully saturated rings. The highest BCUT2D eigenvalue weighted by Gasteiger charge is 2.34. The molecule has 1 aliphatic heterocycles. The molecule has 0 saturated carbocycles. The largest absolute Gasteiger partial charge is 0.337 e. The number of aromatic nitrogens is 2. The van der Waals surface area contributed by atoms with Crippen LogP contribution in [0.2, 0.25) is 0 Å². The maximum atomic E-state index is 13.3. The predicted molar refractivity (Wildman–Crippen MR) is 98.6 cm³/mol. The molecule has 1 atom stereocenters. The molecule has 138 valence electrons. The number of hydrogen-bond donors (Lipinski definition) is 1. The lowest BCUT2D eigenvalue weighted by Gasteiger charge is -2.22. The van der Waals surface area contributed by atoms with Crippen LogP contribution in [0.1, 0.15) is 30.3 Å². The molecule has 0 radical (unpaired) electrons. The molecule has 7 heteroatoms. The van der Waals surface area contributed by atoms with Gasteiger partial charge in [-0.1, -0.05) is 41.1 Å². The Labute approximate surface area is 156 Å². The number of urea groups is 1. The highest BCUT2D eigenvalue weighted by Crippen LogP contribution is 2.32. The first-order valence-corrected chi connectivity index (χ1v) is 8.84. The maximum absolute atomic E-state index is 13.3. The van der Waals surface area contributed by atoms with Crippen molar-refractivity contribution in [2.45, 2.75) is 25.8 Å². The molecule has 1 unspecified atom stereocenters. The zero-order valence-electron chi connectivity index (χ0n) is 14.9. The van der Waals surface area contributed by atoms with E-state index in [2.05, 4.69) is 15.5 Å². The number of carbonyl (C=O) groups excluding carboxylic acids is 1. The number of hydrogen-bond acceptors (Lipinski definition) is 4. The number of carbonyl (C=O) groups is 1. The summed E-state index contributed by atoms with van der Waals surface area (Å²) in [7, 11) is 0. The summed E-state index contributed by atoms with van der Waals surface area (Å²) in [4.78, 5) is 18.8. The van der Waals surface area contributed by atoms with Crippen LogP contribution in [-0.4, -0.2) is 27.6 Å². The topological polar surface area (TPSA) is 71.3 Å². The van der Waals surface area contributed by atoms with Gasteiger partial charge in [0, 0.05) is 17.8 Å². The van der Waals surface area contributed by atoms with Crippen LogP contribution >= 0.6 is 0 Å². The lowest BCUT2D eigenvalue weighted by Crippen LogP contribution is -2.34. The minimum absolute atomic E-state index is 0.287. The van der Waals surface area contributed by atoms with E-state index < -0.39 is 5.82 Å². The van der Waals surface area contributed by atoms with Crippen LogP contribution < -0.4 is 5.32 Å². The second kappa shape index (κ2) is 7.19. The SMILES string of the molecule is Cc1ccc(-c2noc(C3CCCN3C(=O)Nc3cccc(F)c3)n2)cc1. The Morgan fingerprint density at radius 3 is 2.85 bits per heavy atom. The number of aryl methyl sites for hydroxylation is 1. The minimum atomic E-state index is -0.398. The molecule has 0 bridgehead atoms. The van der Waals surface area contributed by atoms with Crippen molar-refractivity contribution in [2.24, 2.45) is 0 Å². The molecule has 2 amide bonds. The Morgan fingerprint density at radius 1 is 1.26 bits per heavy atom. The highest BCUT2D eigenvalue weighted by atomic mass is 19.1. The third-order valence-corrected chi connectivity index (χ3v) is 4.63. The van der Waals surface area contributed by atoms with E-state index in [1.165, 1.54) is 12.1 Å². The van der Waals surface area contributed by atoms with Gasteiger partial charge in [-0.3, -0.25) is 0 Å². The zero-order chi connectivity index (χ0) is 18.8. The van der Waals surface area contributed by atoms with Gasteiger partial charge in [0.1, 0.15) is 11.9 Å². The average Bonchev–Trinajstić information content (AvgIpc) is 3.31. The average molecular weight is 366 g/mol. The molecule has 1 N–H and O–H groups in total.